The van der Waals surface area contributed by atoms with Crippen LogP contribution in [0.15, 0.2) is 5.10 Å². The molecule has 13 heavy (non-hydrogen) atoms. The molecule has 0 bridgehead atoms. The average Bonchev–Trinajstić information content (AvgIpc) is 2.31. The quantitative estimate of drug-likeness (QED) is 0.656. The maximum Gasteiger partial charge on any atom is 0.248 e. The zero-order valence-corrected chi connectivity index (χ0v) is 8.87. The van der Waals surface area contributed by atoms with E-state index in [2.05, 4.69) is 32.8 Å². The molecule has 0 atom stereocenters. The Morgan fingerprint density at radius 3 is 2.38 bits per heavy atom. The number of amides is 1. The van der Waals surface area contributed by atoms with Gasteiger partial charge in [-0.25, -0.2) is 5.01 Å². The van der Waals surface area contributed by atoms with Crippen molar-refractivity contribution in [3.05, 3.63) is 0 Å². The van der Waals surface area contributed by atoms with E-state index in [0.29, 0.717) is 18.3 Å². The average molecular weight is 182 g/mol. The largest absolute Gasteiger partial charge is 0.273 e. The van der Waals surface area contributed by atoms with Crippen LogP contribution in [0.2, 0.25) is 0 Å². The van der Waals surface area contributed by atoms with E-state index >= 15 is 0 Å². The van der Waals surface area contributed by atoms with Crippen molar-refractivity contribution < 1.29 is 4.79 Å². The summed E-state index contributed by atoms with van der Waals surface area (Å²) in [7, 11) is 0. The van der Waals surface area contributed by atoms with Crippen LogP contribution >= 0.6 is 0 Å². The Hall–Kier alpha value is -0.860. The van der Waals surface area contributed by atoms with E-state index in [9.17, 15) is 4.79 Å². The summed E-state index contributed by atoms with van der Waals surface area (Å²) in [5.41, 5.74) is 1.02. The molecule has 3 heteroatoms. The Morgan fingerprint density at radius 1 is 1.38 bits per heavy atom. The number of carbonyl (C=O) groups excluding carboxylic acids is 1. The summed E-state index contributed by atoms with van der Waals surface area (Å²) < 4.78 is 0. The van der Waals surface area contributed by atoms with Gasteiger partial charge in [-0.1, -0.05) is 27.7 Å². The van der Waals surface area contributed by atoms with Crippen molar-refractivity contribution in [3.8, 4) is 0 Å². The molecule has 0 aliphatic carbocycles. The van der Waals surface area contributed by atoms with Crippen LogP contribution < -0.4 is 0 Å². The highest BCUT2D eigenvalue weighted by molar-refractivity contribution is 6.05. The van der Waals surface area contributed by atoms with Gasteiger partial charge in [0.05, 0.1) is 12.1 Å². The monoisotopic (exact) mass is 182 g/mol. The highest BCUT2D eigenvalue weighted by Crippen LogP contribution is 2.15. The second-order valence-corrected chi connectivity index (χ2v) is 4.29. The molecule has 1 aliphatic rings. The van der Waals surface area contributed by atoms with E-state index in [1.807, 2.05) is 0 Å². The summed E-state index contributed by atoms with van der Waals surface area (Å²) >= 11 is 0. The summed E-state index contributed by atoms with van der Waals surface area (Å²) in [5, 5.41) is 5.92. The van der Waals surface area contributed by atoms with Crippen LogP contribution in [0, 0.1) is 11.8 Å². The summed E-state index contributed by atoms with van der Waals surface area (Å²) in [5.74, 6) is 1.03. The maximum atomic E-state index is 11.4. The zero-order chi connectivity index (χ0) is 10.0. The Kier molecular flexibility index (Phi) is 3.07. The van der Waals surface area contributed by atoms with Gasteiger partial charge in [0.15, 0.2) is 0 Å². The summed E-state index contributed by atoms with van der Waals surface area (Å²) in [6, 6.07) is 0. The van der Waals surface area contributed by atoms with Crippen molar-refractivity contribution in [2.24, 2.45) is 16.9 Å². The van der Waals surface area contributed by atoms with Crippen LogP contribution in [-0.2, 0) is 4.79 Å². The van der Waals surface area contributed by atoms with Crippen LogP contribution in [0.4, 0.5) is 0 Å². The van der Waals surface area contributed by atoms with Gasteiger partial charge in [0.25, 0.3) is 0 Å². The third kappa shape index (κ3) is 2.54. The van der Waals surface area contributed by atoms with Gasteiger partial charge in [0.2, 0.25) is 5.91 Å². The molecule has 0 fully saturated rings. The third-order valence-electron chi connectivity index (χ3n) is 2.07. The fraction of sp³-hybridized carbons (Fsp3) is 0.800. The van der Waals surface area contributed by atoms with Crippen molar-refractivity contribution in [1.29, 1.82) is 0 Å². The Labute approximate surface area is 79.8 Å². The number of hydrazone groups is 1. The summed E-state index contributed by atoms with van der Waals surface area (Å²) in [4.78, 5) is 11.4. The summed E-state index contributed by atoms with van der Waals surface area (Å²) in [6.45, 7) is 9.08. The first-order valence-electron chi connectivity index (χ1n) is 4.88. The SMILES string of the molecule is CC(C)CN1N=C(C(C)C)CC1=O. The topological polar surface area (TPSA) is 32.7 Å². The Bertz CT molecular complexity index is 231. The van der Waals surface area contributed by atoms with E-state index < -0.39 is 0 Å². The van der Waals surface area contributed by atoms with E-state index in [4.69, 9.17) is 0 Å². The number of nitrogens with zero attached hydrogens (tertiary/aromatic N) is 2. The van der Waals surface area contributed by atoms with Gasteiger partial charge in [-0.2, -0.15) is 5.10 Å². The first kappa shape index (κ1) is 10.2. The fourth-order valence-electron chi connectivity index (χ4n) is 1.30. The van der Waals surface area contributed by atoms with Crippen LogP contribution in [0.5, 0.6) is 0 Å². The van der Waals surface area contributed by atoms with Crippen LogP contribution in [0.1, 0.15) is 34.1 Å². The summed E-state index contributed by atoms with van der Waals surface area (Å²) in [6.07, 6.45) is 0.518. The zero-order valence-electron chi connectivity index (χ0n) is 8.87. The predicted octanol–water partition coefficient (Wildman–Crippen LogP) is 1.89. The first-order valence-corrected chi connectivity index (χ1v) is 4.88. The van der Waals surface area contributed by atoms with E-state index in [1.165, 1.54) is 0 Å². The minimum Gasteiger partial charge on any atom is -0.273 e. The molecule has 0 radical (unpaired) electrons. The molecule has 1 amide bonds. The second-order valence-electron chi connectivity index (χ2n) is 4.29. The second kappa shape index (κ2) is 3.90. The van der Waals surface area contributed by atoms with E-state index in [0.717, 1.165) is 12.3 Å². The van der Waals surface area contributed by atoms with Gasteiger partial charge in [0, 0.05) is 6.54 Å². The molecule has 1 rings (SSSR count). The first-order chi connectivity index (χ1) is 6.00. The molecule has 3 nitrogen and oxygen atoms in total. The number of hydrogen-bond acceptors (Lipinski definition) is 2. The minimum absolute atomic E-state index is 0.150. The lowest BCUT2D eigenvalue weighted by molar-refractivity contribution is -0.129. The molecule has 74 valence electrons. The predicted molar refractivity (Wildman–Crippen MR) is 53.4 cm³/mol. The lowest BCUT2D eigenvalue weighted by Crippen LogP contribution is -2.24. The molecule has 0 spiro atoms. The number of hydrogen-bond donors (Lipinski definition) is 0. The molecule has 0 N–H and O–H groups in total. The standard InChI is InChI=1S/C10H18N2O/c1-7(2)6-12-10(13)5-9(11-12)8(3)4/h7-8H,5-6H2,1-4H3. The Morgan fingerprint density at radius 2 is 2.00 bits per heavy atom. The molecule has 0 aromatic rings. The molecule has 1 aliphatic heterocycles. The van der Waals surface area contributed by atoms with Gasteiger partial charge in [-0.3, -0.25) is 4.79 Å². The molecule has 0 aromatic carbocycles. The van der Waals surface area contributed by atoms with Gasteiger partial charge >= 0.3 is 0 Å². The number of carbonyl (C=O) groups is 1. The van der Waals surface area contributed by atoms with E-state index in [-0.39, 0.29) is 5.91 Å². The van der Waals surface area contributed by atoms with Gasteiger partial charge in [-0.15, -0.1) is 0 Å². The van der Waals surface area contributed by atoms with Crippen LogP contribution in [0.3, 0.4) is 0 Å². The molecule has 1 heterocycles. The maximum absolute atomic E-state index is 11.4. The van der Waals surface area contributed by atoms with Crippen molar-refractivity contribution in [2.45, 2.75) is 34.1 Å². The molecule has 0 saturated heterocycles. The number of rotatable bonds is 3. The minimum atomic E-state index is 0.150. The van der Waals surface area contributed by atoms with Crippen LogP contribution in [-0.4, -0.2) is 23.2 Å². The van der Waals surface area contributed by atoms with Gasteiger partial charge in [-0.05, 0) is 11.8 Å². The van der Waals surface area contributed by atoms with Gasteiger partial charge in [0.1, 0.15) is 0 Å². The van der Waals surface area contributed by atoms with Gasteiger partial charge < -0.3 is 0 Å². The van der Waals surface area contributed by atoms with Crippen molar-refractivity contribution in [2.75, 3.05) is 6.54 Å². The highest BCUT2D eigenvalue weighted by atomic mass is 16.2. The molecular weight excluding hydrogens is 164 g/mol. The smallest absolute Gasteiger partial charge is 0.248 e. The Balaban J connectivity index is 2.61. The molecule has 0 aromatic heterocycles. The molecule has 0 unspecified atom stereocenters. The van der Waals surface area contributed by atoms with Crippen molar-refractivity contribution in [1.82, 2.24) is 5.01 Å². The molecular formula is C10H18N2O. The molecule has 0 saturated carbocycles. The highest BCUT2D eigenvalue weighted by Gasteiger charge is 2.25. The van der Waals surface area contributed by atoms with E-state index in [1.54, 1.807) is 5.01 Å². The lowest BCUT2D eigenvalue weighted by Gasteiger charge is -2.13. The normalized spacial score (nSPS) is 17.5. The third-order valence-corrected chi connectivity index (χ3v) is 2.07. The van der Waals surface area contributed by atoms with Crippen molar-refractivity contribution >= 4 is 11.6 Å². The van der Waals surface area contributed by atoms with Crippen molar-refractivity contribution in [3.63, 3.8) is 0 Å². The van der Waals surface area contributed by atoms with Crippen LogP contribution in [0.25, 0.3) is 0 Å². The lowest BCUT2D eigenvalue weighted by atomic mass is 10.1. The fourth-order valence-corrected chi connectivity index (χ4v) is 1.30.